The molecule has 0 bridgehead atoms. The van der Waals surface area contributed by atoms with E-state index in [0.717, 1.165) is 5.82 Å². The van der Waals surface area contributed by atoms with Gasteiger partial charge in [-0.15, -0.1) is 0 Å². The summed E-state index contributed by atoms with van der Waals surface area (Å²) in [5.74, 6) is 1.24. The van der Waals surface area contributed by atoms with Crippen LogP contribution in [0.5, 0.6) is 5.88 Å². The first kappa shape index (κ1) is 12.0. The van der Waals surface area contributed by atoms with Gasteiger partial charge in [-0.05, 0) is 12.8 Å². The minimum Gasteiger partial charge on any atom is -0.479 e. The zero-order valence-corrected chi connectivity index (χ0v) is 10.5. The highest BCUT2D eigenvalue weighted by atomic mass is 16.5. The van der Waals surface area contributed by atoms with Gasteiger partial charge < -0.3 is 15.4 Å². The Morgan fingerprint density at radius 3 is 2.65 bits per heavy atom. The van der Waals surface area contributed by atoms with Gasteiger partial charge in [-0.25, -0.2) is 4.98 Å². The van der Waals surface area contributed by atoms with Crippen LogP contribution in [-0.2, 0) is 0 Å². The number of hydrogen-bond acceptors (Lipinski definition) is 5. The molecule has 0 atom stereocenters. The number of rotatable bonds is 3. The third-order valence-electron chi connectivity index (χ3n) is 3.48. The molecule has 0 saturated heterocycles. The van der Waals surface area contributed by atoms with Crippen LogP contribution in [0.2, 0.25) is 0 Å². The van der Waals surface area contributed by atoms with Crippen molar-refractivity contribution >= 4 is 11.5 Å². The van der Waals surface area contributed by atoms with E-state index in [1.807, 2.05) is 7.05 Å². The molecule has 2 rings (SSSR count). The average Bonchev–Trinajstić information content (AvgIpc) is 2.39. The van der Waals surface area contributed by atoms with E-state index in [1.165, 1.54) is 38.4 Å². The van der Waals surface area contributed by atoms with Crippen LogP contribution < -0.4 is 15.4 Å². The molecular formula is C12H20N4O. The number of hydrogen-bond donors (Lipinski definition) is 1. The molecule has 5 heteroatoms. The van der Waals surface area contributed by atoms with Crippen molar-refractivity contribution in [3.8, 4) is 5.88 Å². The van der Waals surface area contributed by atoms with Gasteiger partial charge in [0.15, 0.2) is 5.82 Å². The van der Waals surface area contributed by atoms with Gasteiger partial charge in [0.05, 0.1) is 7.11 Å². The Kier molecular flexibility index (Phi) is 3.66. The summed E-state index contributed by atoms with van der Waals surface area (Å²) in [6.07, 6.45) is 7.84. The molecule has 1 heterocycles. The predicted molar refractivity (Wildman–Crippen MR) is 68.3 cm³/mol. The molecule has 0 aliphatic heterocycles. The van der Waals surface area contributed by atoms with Gasteiger partial charge in [0.25, 0.3) is 0 Å². The molecule has 94 valence electrons. The summed E-state index contributed by atoms with van der Waals surface area (Å²) in [6, 6.07) is 0.533. The summed E-state index contributed by atoms with van der Waals surface area (Å²) in [4.78, 5) is 10.4. The first-order valence-corrected chi connectivity index (χ1v) is 6.11. The lowest BCUT2D eigenvalue weighted by molar-refractivity contribution is 0.397. The molecule has 17 heavy (non-hydrogen) atoms. The summed E-state index contributed by atoms with van der Waals surface area (Å²) >= 11 is 0. The number of aromatic nitrogens is 2. The van der Waals surface area contributed by atoms with E-state index in [-0.39, 0.29) is 0 Å². The van der Waals surface area contributed by atoms with Gasteiger partial charge >= 0.3 is 0 Å². The Balaban J connectivity index is 2.20. The van der Waals surface area contributed by atoms with E-state index < -0.39 is 0 Å². The molecule has 1 aromatic rings. The molecule has 1 aromatic heterocycles. The van der Waals surface area contributed by atoms with Gasteiger partial charge in [-0.3, -0.25) is 0 Å². The van der Waals surface area contributed by atoms with Gasteiger partial charge in [0, 0.05) is 13.1 Å². The van der Waals surface area contributed by atoms with E-state index in [0.29, 0.717) is 17.6 Å². The van der Waals surface area contributed by atoms with E-state index in [2.05, 4.69) is 14.9 Å². The number of ether oxygens (including phenoxy) is 1. The first-order valence-electron chi connectivity index (χ1n) is 6.11. The van der Waals surface area contributed by atoms with Crippen molar-refractivity contribution in [2.45, 2.75) is 38.1 Å². The van der Waals surface area contributed by atoms with Gasteiger partial charge in [0.1, 0.15) is 12.0 Å². The van der Waals surface area contributed by atoms with Gasteiger partial charge in [-0.2, -0.15) is 4.98 Å². The maximum absolute atomic E-state index is 6.01. The highest BCUT2D eigenvalue weighted by Gasteiger charge is 2.22. The van der Waals surface area contributed by atoms with Crippen molar-refractivity contribution in [3.05, 3.63) is 6.33 Å². The van der Waals surface area contributed by atoms with Gasteiger partial charge in [0.2, 0.25) is 5.88 Å². The topological polar surface area (TPSA) is 64.3 Å². The van der Waals surface area contributed by atoms with Crippen molar-refractivity contribution in [1.29, 1.82) is 0 Å². The van der Waals surface area contributed by atoms with Crippen molar-refractivity contribution < 1.29 is 4.74 Å². The maximum Gasteiger partial charge on any atom is 0.242 e. The summed E-state index contributed by atoms with van der Waals surface area (Å²) < 4.78 is 5.12. The van der Waals surface area contributed by atoms with Crippen LogP contribution in [0.15, 0.2) is 6.33 Å². The number of methoxy groups -OCH3 is 1. The summed E-state index contributed by atoms with van der Waals surface area (Å²) in [7, 11) is 3.62. The quantitative estimate of drug-likeness (QED) is 0.867. The molecular weight excluding hydrogens is 216 g/mol. The molecule has 5 nitrogen and oxygen atoms in total. The SMILES string of the molecule is COc1ncnc(N(C)C2CCCCC2)c1N. The number of nitrogens with two attached hydrogens (primary N) is 1. The van der Waals surface area contributed by atoms with Crippen LogP contribution >= 0.6 is 0 Å². The molecule has 0 spiro atoms. The second kappa shape index (κ2) is 5.21. The molecule has 2 N–H and O–H groups in total. The molecule has 1 saturated carbocycles. The number of nitrogen functional groups attached to an aromatic ring is 1. The van der Waals surface area contributed by atoms with E-state index in [1.54, 1.807) is 7.11 Å². The minimum atomic E-state index is 0.456. The number of nitrogens with zero attached hydrogens (tertiary/aromatic N) is 3. The Hall–Kier alpha value is -1.52. The molecule has 1 aliphatic rings. The summed E-state index contributed by atoms with van der Waals surface area (Å²) in [5, 5.41) is 0. The Morgan fingerprint density at radius 1 is 1.29 bits per heavy atom. The predicted octanol–water partition coefficient (Wildman–Crippen LogP) is 1.84. The molecule has 1 fully saturated rings. The lowest BCUT2D eigenvalue weighted by atomic mass is 9.94. The number of anilines is 2. The van der Waals surface area contributed by atoms with Crippen molar-refractivity contribution in [2.75, 3.05) is 24.8 Å². The minimum absolute atomic E-state index is 0.456. The first-order chi connectivity index (χ1) is 8.24. The van der Waals surface area contributed by atoms with E-state index in [9.17, 15) is 0 Å². The highest BCUT2D eigenvalue weighted by molar-refractivity contribution is 5.67. The van der Waals surface area contributed by atoms with Crippen LogP contribution in [0.25, 0.3) is 0 Å². The fourth-order valence-electron chi connectivity index (χ4n) is 2.46. The van der Waals surface area contributed by atoms with Crippen molar-refractivity contribution in [1.82, 2.24) is 9.97 Å². The fraction of sp³-hybridized carbons (Fsp3) is 0.667. The molecule has 0 unspecified atom stereocenters. The largest absolute Gasteiger partial charge is 0.479 e. The van der Waals surface area contributed by atoms with Crippen LogP contribution in [0, 0.1) is 0 Å². The summed E-state index contributed by atoms with van der Waals surface area (Å²) in [5.41, 5.74) is 6.54. The Labute approximate surface area is 102 Å². The molecule has 0 aromatic carbocycles. The third kappa shape index (κ3) is 2.43. The Morgan fingerprint density at radius 2 is 2.00 bits per heavy atom. The average molecular weight is 236 g/mol. The van der Waals surface area contributed by atoms with Crippen LogP contribution in [-0.4, -0.2) is 30.2 Å². The monoisotopic (exact) mass is 236 g/mol. The lowest BCUT2D eigenvalue weighted by Crippen LogP contribution is -2.34. The Bertz CT molecular complexity index is 377. The van der Waals surface area contributed by atoms with Crippen molar-refractivity contribution in [3.63, 3.8) is 0 Å². The second-order valence-electron chi connectivity index (χ2n) is 4.52. The summed E-state index contributed by atoms with van der Waals surface area (Å²) in [6.45, 7) is 0. The van der Waals surface area contributed by atoms with Gasteiger partial charge in [-0.1, -0.05) is 19.3 Å². The normalized spacial score (nSPS) is 16.8. The maximum atomic E-state index is 6.01. The molecule has 1 aliphatic carbocycles. The lowest BCUT2D eigenvalue weighted by Gasteiger charge is -2.32. The van der Waals surface area contributed by atoms with Crippen LogP contribution in [0.1, 0.15) is 32.1 Å². The zero-order valence-electron chi connectivity index (χ0n) is 10.5. The van der Waals surface area contributed by atoms with Crippen LogP contribution in [0.4, 0.5) is 11.5 Å². The standard InChI is InChI=1S/C12H20N4O/c1-16(9-6-4-3-5-7-9)11-10(13)12(17-2)15-8-14-11/h8-9H,3-7,13H2,1-2H3. The molecule has 0 radical (unpaired) electrons. The second-order valence-corrected chi connectivity index (χ2v) is 4.52. The third-order valence-corrected chi connectivity index (χ3v) is 3.48. The van der Waals surface area contributed by atoms with Crippen LogP contribution in [0.3, 0.4) is 0 Å². The highest BCUT2D eigenvalue weighted by Crippen LogP contribution is 2.31. The van der Waals surface area contributed by atoms with Crippen molar-refractivity contribution in [2.24, 2.45) is 0 Å². The van der Waals surface area contributed by atoms with E-state index >= 15 is 0 Å². The fourth-order valence-corrected chi connectivity index (χ4v) is 2.46. The zero-order chi connectivity index (χ0) is 12.3. The van der Waals surface area contributed by atoms with E-state index in [4.69, 9.17) is 10.5 Å². The smallest absolute Gasteiger partial charge is 0.242 e. The molecule has 0 amide bonds.